The van der Waals surface area contributed by atoms with Gasteiger partial charge in [-0.05, 0) is 63.8 Å². The van der Waals surface area contributed by atoms with Crippen LogP contribution in [0.1, 0.15) is 56.0 Å². The van der Waals surface area contributed by atoms with Crippen molar-refractivity contribution in [3.8, 4) is 0 Å². The van der Waals surface area contributed by atoms with Gasteiger partial charge in [0.15, 0.2) is 0 Å². The fraction of sp³-hybridized carbons (Fsp3) is 0.364. The van der Waals surface area contributed by atoms with E-state index in [1.165, 1.54) is 0 Å². The van der Waals surface area contributed by atoms with Gasteiger partial charge in [0, 0.05) is 11.3 Å². The van der Waals surface area contributed by atoms with Gasteiger partial charge < -0.3 is 10.1 Å². The van der Waals surface area contributed by atoms with E-state index in [1.807, 2.05) is 18.2 Å². The van der Waals surface area contributed by atoms with Crippen LogP contribution in [-0.4, -0.2) is 17.6 Å². The van der Waals surface area contributed by atoms with Gasteiger partial charge in [-0.1, -0.05) is 36.4 Å². The smallest absolute Gasteiger partial charge is 0.412 e. The molecule has 0 aromatic heterocycles. The second kappa shape index (κ2) is 7.43. The molecular formula is C22H26N2O3. The summed E-state index contributed by atoms with van der Waals surface area (Å²) in [7, 11) is 0. The Kier molecular flexibility index (Phi) is 5.22. The Morgan fingerprint density at radius 2 is 1.70 bits per heavy atom. The fourth-order valence-electron chi connectivity index (χ4n) is 3.22. The third kappa shape index (κ3) is 4.67. The summed E-state index contributed by atoms with van der Waals surface area (Å²) in [6.45, 7) is 5.41. The zero-order valence-electron chi connectivity index (χ0n) is 16.0. The van der Waals surface area contributed by atoms with E-state index < -0.39 is 11.7 Å². The lowest BCUT2D eigenvalue weighted by atomic mass is 9.71. The van der Waals surface area contributed by atoms with Gasteiger partial charge in [0.05, 0.1) is 5.54 Å². The maximum absolute atomic E-state index is 12.8. The highest BCUT2D eigenvalue weighted by Crippen LogP contribution is 2.41. The predicted molar refractivity (Wildman–Crippen MR) is 106 cm³/mol. The average molecular weight is 366 g/mol. The molecule has 0 bridgehead atoms. The van der Waals surface area contributed by atoms with E-state index in [0.29, 0.717) is 11.3 Å². The molecule has 2 aromatic rings. The van der Waals surface area contributed by atoms with Crippen LogP contribution in [0, 0.1) is 0 Å². The minimum Gasteiger partial charge on any atom is -0.444 e. The Morgan fingerprint density at radius 3 is 2.30 bits per heavy atom. The summed E-state index contributed by atoms with van der Waals surface area (Å²) in [6.07, 6.45) is 2.41. The number of anilines is 1. The highest BCUT2D eigenvalue weighted by molar-refractivity contribution is 5.96. The van der Waals surface area contributed by atoms with Gasteiger partial charge in [-0.2, -0.15) is 0 Å². The molecule has 142 valence electrons. The summed E-state index contributed by atoms with van der Waals surface area (Å²) in [6, 6.07) is 17.0. The number of benzene rings is 2. The van der Waals surface area contributed by atoms with E-state index in [-0.39, 0.29) is 11.4 Å². The van der Waals surface area contributed by atoms with Crippen LogP contribution in [0.5, 0.6) is 0 Å². The van der Waals surface area contributed by atoms with Crippen molar-refractivity contribution in [3.05, 3.63) is 65.7 Å². The summed E-state index contributed by atoms with van der Waals surface area (Å²) in [5, 5.41) is 5.87. The van der Waals surface area contributed by atoms with E-state index in [9.17, 15) is 9.59 Å². The molecule has 1 aliphatic rings. The maximum Gasteiger partial charge on any atom is 0.412 e. The van der Waals surface area contributed by atoms with Crippen LogP contribution in [0.4, 0.5) is 10.5 Å². The lowest BCUT2D eigenvalue weighted by Crippen LogP contribution is -2.50. The van der Waals surface area contributed by atoms with Crippen molar-refractivity contribution in [1.82, 2.24) is 5.32 Å². The lowest BCUT2D eigenvalue weighted by molar-refractivity contribution is 0.0635. The first-order valence-corrected chi connectivity index (χ1v) is 9.26. The van der Waals surface area contributed by atoms with Crippen molar-refractivity contribution < 1.29 is 14.3 Å². The Hall–Kier alpha value is -2.82. The molecule has 2 amide bonds. The van der Waals surface area contributed by atoms with Crippen molar-refractivity contribution in [3.63, 3.8) is 0 Å². The normalized spacial score (nSPS) is 15.4. The standard InChI is InChI=1S/C22H26N2O3/c1-21(2,3)27-20(26)23-18-12-7-9-16(15-18)19(25)24-22(13-8-14-22)17-10-5-4-6-11-17/h4-7,9-12,15H,8,13-14H2,1-3H3,(H,23,26)(H,24,25). The van der Waals surface area contributed by atoms with E-state index in [2.05, 4.69) is 22.8 Å². The first kappa shape index (κ1) is 19.0. The first-order valence-electron chi connectivity index (χ1n) is 9.26. The molecule has 1 aliphatic carbocycles. The molecule has 0 saturated heterocycles. The van der Waals surface area contributed by atoms with Crippen LogP contribution in [0.25, 0.3) is 0 Å². The molecule has 2 N–H and O–H groups in total. The Balaban J connectivity index is 1.71. The molecule has 2 aromatic carbocycles. The first-order chi connectivity index (χ1) is 12.8. The Labute approximate surface area is 160 Å². The maximum atomic E-state index is 12.8. The van der Waals surface area contributed by atoms with Gasteiger partial charge in [-0.15, -0.1) is 0 Å². The van der Waals surface area contributed by atoms with Crippen LogP contribution in [-0.2, 0) is 10.3 Å². The van der Waals surface area contributed by atoms with Gasteiger partial charge in [0.2, 0.25) is 0 Å². The summed E-state index contributed by atoms with van der Waals surface area (Å²) < 4.78 is 5.26. The molecule has 0 heterocycles. The van der Waals surface area contributed by atoms with Crippen LogP contribution >= 0.6 is 0 Å². The van der Waals surface area contributed by atoms with Crippen molar-refractivity contribution in [2.45, 2.75) is 51.2 Å². The topological polar surface area (TPSA) is 67.4 Å². The highest BCUT2D eigenvalue weighted by Gasteiger charge is 2.40. The zero-order valence-corrected chi connectivity index (χ0v) is 16.0. The monoisotopic (exact) mass is 366 g/mol. The minimum atomic E-state index is -0.578. The molecule has 0 atom stereocenters. The van der Waals surface area contributed by atoms with Gasteiger partial charge in [0.25, 0.3) is 5.91 Å². The molecule has 5 heteroatoms. The van der Waals surface area contributed by atoms with Crippen LogP contribution in [0.3, 0.4) is 0 Å². The van der Waals surface area contributed by atoms with Crippen molar-refractivity contribution in [2.75, 3.05) is 5.32 Å². The second-order valence-electron chi connectivity index (χ2n) is 7.96. The van der Waals surface area contributed by atoms with E-state index >= 15 is 0 Å². The third-order valence-corrected chi connectivity index (χ3v) is 4.66. The highest BCUT2D eigenvalue weighted by atomic mass is 16.6. The fourth-order valence-corrected chi connectivity index (χ4v) is 3.22. The number of hydrogen-bond donors (Lipinski definition) is 2. The molecule has 0 spiro atoms. The summed E-state index contributed by atoms with van der Waals surface area (Å²) in [4.78, 5) is 24.8. The molecule has 0 radical (unpaired) electrons. The summed E-state index contributed by atoms with van der Waals surface area (Å²) in [5.41, 5.74) is 1.29. The van der Waals surface area contributed by atoms with Gasteiger partial charge >= 0.3 is 6.09 Å². The average Bonchev–Trinajstić information content (AvgIpc) is 2.57. The number of rotatable bonds is 4. The summed E-state index contributed by atoms with van der Waals surface area (Å²) in [5.74, 6) is -0.147. The molecule has 0 unspecified atom stereocenters. The van der Waals surface area contributed by atoms with Crippen LogP contribution in [0.15, 0.2) is 54.6 Å². The number of amides is 2. The number of nitrogens with one attached hydrogen (secondary N) is 2. The molecule has 5 nitrogen and oxygen atoms in total. The van der Waals surface area contributed by atoms with Crippen molar-refractivity contribution in [1.29, 1.82) is 0 Å². The van der Waals surface area contributed by atoms with Crippen molar-refractivity contribution in [2.24, 2.45) is 0 Å². The largest absolute Gasteiger partial charge is 0.444 e. The predicted octanol–water partition coefficient (Wildman–Crippen LogP) is 4.84. The SMILES string of the molecule is CC(C)(C)OC(=O)Nc1cccc(C(=O)NC2(c3ccccc3)CCC2)c1. The van der Waals surface area contributed by atoms with Crippen molar-refractivity contribution >= 4 is 17.7 Å². The molecule has 0 aliphatic heterocycles. The van der Waals surface area contributed by atoms with Gasteiger partial charge in [-0.25, -0.2) is 4.79 Å². The van der Waals surface area contributed by atoms with E-state index in [4.69, 9.17) is 4.74 Å². The lowest BCUT2D eigenvalue weighted by Gasteiger charge is -2.43. The summed E-state index contributed by atoms with van der Waals surface area (Å²) >= 11 is 0. The number of carbonyl (C=O) groups is 2. The second-order valence-corrected chi connectivity index (χ2v) is 7.96. The molecule has 3 rings (SSSR count). The number of ether oxygens (including phenoxy) is 1. The zero-order chi connectivity index (χ0) is 19.5. The molecular weight excluding hydrogens is 340 g/mol. The Morgan fingerprint density at radius 1 is 1.00 bits per heavy atom. The van der Waals surface area contributed by atoms with Crippen LogP contribution < -0.4 is 10.6 Å². The van der Waals surface area contributed by atoms with E-state index in [1.54, 1.807) is 45.0 Å². The molecule has 27 heavy (non-hydrogen) atoms. The number of hydrogen-bond acceptors (Lipinski definition) is 3. The molecule has 1 saturated carbocycles. The third-order valence-electron chi connectivity index (χ3n) is 4.66. The van der Waals surface area contributed by atoms with E-state index in [0.717, 1.165) is 24.8 Å². The van der Waals surface area contributed by atoms with Gasteiger partial charge in [0.1, 0.15) is 5.60 Å². The quantitative estimate of drug-likeness (QED) is 0.813. The van der Waals surface area contributed by atoms with Gasteiger partial charge in [-0.3, -0.25) is 10.1 Å². The number of carbonyl (C=O) groups excluding carboxylic acids is 2. The minimum absolute atomic E-state index is 0.147. The van der Waals surface area contributed by atoms with Crippen LogP contribution in [0.2, 0.25) is 0 Å². The molecule has 1 fully saturated rings. The Bertz CT molecular complexity index is 821.